The van der Waals surface area contributed by atoms with Gasteiger partial charge in [0.1, 0.15) is 6.42 Å². The van der Waals surface area contributed by atoms with Crippen LogP contribution in [-0.2, 0) is 17.2 Å². The van der Waals surface area contributed by atoms with Crippen molar-refractivity contribution in [3.63, 3.8) is 0 Å². The van der Waals surface area contributed by atoms with E-state index in [4.69, 9.17) is 11.6 Å². The zero-order valence-corrected chi connectivity index (χ0v) is 9.61. The van der Waals surface area contributed by atoms with E-state index in [0.29, 0.717) is 5.88 Å². The van der Waals surface area contributed by atoms with Gasteiger partial charge in [-0.05, 0) is 11.1 Å². The van der Waals surface area contributed by atoms with E-state index in [2.05, 4.69) is 5.32 Å². The first-order valence-electron chi connectivity index (χ1n) is 4.88. The highest BCUT2D eigenvalue weighted by Gasteiger charge is 2.30. The minimum absolute atomic E-state index is 0.0691. The fourth-order valence-electron chi connectivity index (χ4n) is 1.27. The summed E-state index contributed by atoms with van der Waals surface area (Å²) in [5.74, 6) is -0.710. The number of rotatable bonds is 4. The maximum Gasteiger partial charge on any atom is 0.397 e. The molecule has 0 aromatic heterocycles. The molecule has 0 aliphatic heterocycles. The van der Waals surface area contributed by atoms with Crippen molar-refractivity contribution in [2.24, 2.45) is 0 Å². The summed E-state index contributed by atoms with van der Waals surface area (Å²) in [7, 11) is 0. The van der Waals surface area contributed by atoms with Crippen LogP contribution in [0.3, 0.4) is 0 Å². The third kappa shape index (κ3) is 5.58. The third-order valence-corrected chi connectivity index (χ3v) is 2.30. The topological polar surface area (TPSA) is 29.1 Å². The van der Waals surface area contributed by atoms with Crippen molar-refractivity contribution in [1.82, 2.24) is 5.32 Å². The van der Waals surface area contributed by atoms with Crippen molar-refractivity contribution >= 4 is 17.5 Å². The molecule has 0 bridgehead atoms. The van der Waals surface area contributed by atoms with Crippen LogP contribution in [-0.4, -0.2) is 12.1 Å². The second-order valence-electron chi connectivity index (χ2n) is 3.52. The maximum atomic E-state index is 11.9. The number of amides is 1. The van der Waals surface area contributed by atoms with E-state index in [1.807, 2.05) is 0 Å². The minimum Gasteiger partial charge on any atom is -0.352 e. The summed E-state index contributed by atoms with van der Waals surface area (Å²) in [4.78, 5) is 10.9. The molecule has 0 heterocycles. The second-order valence-corrected chi connectivity index (χ2v) is 3.79. The Bertz CT molecular complexity index is 393. The molecule has 0 atom stereocenters. The van der Waals surface area contributed by atoms with Gasteiger partial charge in [0.2, 0.25) is 5.91 Å². The van der Waals surface area contributed by atoms with Crippen molar-refractivity contribution in [3.8, 4) is 0 Å². The molecule has 1 aromatic rings. The van der Waals surface area contributed by atoms with Gasteiger partial charge in [0, 0.05) is 12.4 Å². The van der Waals surface area contributed by atoms with Gasteiger partial charge in [-0.3, -0.25) is 4.79 Å². The largest absolute Gasteiger partial charge is 0.397 e. The SMILES string of the molecule is O=C(CC(F)(F)F)NCc1cccc(CCl)c1. The molecule has 2 nitrogen and oxygen atoms in total. The lowest BCUT2D eigenvalue weighted by molar-refractivity contribution is -0.153. The fourth-order valence-corrected chi connectivity index (χ4v) is 1.43. The molecule has 1 aromatic carbocycles. The molecule has 94 valence electrons. The predicted molar refractivity (Wildman–Crippen MR) is 58.5 cm³/mol. The van der Waals surface area contributed by atoms with Crippen LogP contribution in [0, 0.1) is 0 Å². The molecule has 0 fully saturated rings. The Morgan fingerprint density at radius 3 is 2.53 bits per heavy atom. The van der Waals surface area contributed by atoms with Crippen LogP contribution in [0.5, 0.6) is 0 Å². The zero-order valence-electron chi connectivity index (χ0n) is 8.85. The van der Waals surface area contributed by atoms with Crippen molar-refractivity contribution in [2.45, 2.75) is 25.0 Å². The lowest BCUT2D eigenvalue weighted by atomic mass is 10.1. The van der Waals surface area contributed by atoms with E-state index in [1.54, 1.807) is 24.3 Å². The molecule has 0 aliphatic carbocycles. The van der Waals surface area contributed by atoms with Gasteiger partial charge < -0.3 is 5.32 Å². The Morgan fingerprint density at radius 2 is 1.94 bits per heavy atom. The molecule has 1 N–H and O–H groups in total. The lowest BCUT2D eigenvalue weighted by Gasteiger charge is -2.08. The van der Waals surface area contributed by atoms with Gasteiger partial charge in [0.15, 0.2) is 0 Å². The van der Waals surface area contributed by atoms with Crippen LogP contribution in [0.2, 0.25) is 0 Å². The van der Waals surface area contributed by atoms with Crippen molar-refractivity contribution < 1.29 is 18.0 Å². The second kappa shape index (κ2) is 5.91. The first-order valence-corrected chi connectivity index (χ1v) is 5.41. The molecule has 0 radical (unpaired) electrons. The average Bonchev–Trinajstić information content (AvgIpc) is 2.24. The first kappa shape index (κ1) is 13.8. The van der Waals surface area contributed by atoms with Crippen LogP contribution in [0.1, 0.15) is 17.5 Å². The highest BCUT2D eigenvalue weighted by Crippen LogP contribution is 2.19. The van der Waals surface area contributed by atoms with E-state index < -0.39 is 18.5 Å². The van der Waals surface area contributed by atoms with Crippen LogP contribution < -0.4 is 5.32 Å². The van der Waals surface area contributed by atoms with Crippen LogP contribution in [0.15, 0.2) is 24.3 Å². The average molecular weight is 266 g/mol. The van der Waals surface area contributed by atoms with Crippen LogP contribution in [0.4, 0.5) is 13.2 Å². The summed E-state index contributed by atoms with van der Waals surface area (Å²) in [5.41, 5.74) is 1.58. The first-order chi connectivity index (χ1) is 7.90. The molecule has 1 amide bonds. The van der Waals surface area contributed by atoms with Gasteiger partial charge in [-0.1, -0.05) is 24.3 Å². The molecule has 0 saturated carbocycles. The molecule has 17 heavy (non-hydrogen) atoms. The Morgan fingerprint density at radius 1 is 1.29 bits per heavy atom. The number of carbonyl (C=O) groups excluding carboxylic acids is 1. The minimum atomic E-state index is -4.47. The summed E-state index contributed by atoms with van der Waals surface area (Å²) >= 11 is 5.61. The summed E-state index contributed by atoms with van der Waals surface area (Å²) in [6, 6.07) is 6.99. The summed E-state index contributed by atoms with van der Waals surface area (Å²) < 4.78 is 35.6. The van der Waals surface area contributed by atoms with E-state index in [-0.39, 0.29) is 6.54 Å². The lowest BCUT2D eigenvalue weighted by Crippen LogP contribution is -2.28. The number of hydrogen-bond donors (Lipinski definition) is 1. The van der Waals surface area contributed by atoms with Gasteiger partial charge in [0.25, 0.3) is 0 Å². The number of hydrogen-bond acceptors (Lipinski definition) is 1. The molecular formula is C11H11ClF3NO. The van der Waals surface area contributed by atoms with E-state index in [1.165, 1.54) is 0 Å². The van der Waals surface area contributed by atoms with Gasteiger partial charge in [-0.2, -0.15) is 13.2 Å². The van der Waals surface area contributed by atoms with Gasteiger partial charge in [-0.15, -0.1) is 11.6 Å². The molecule has 0 aliphatic rings. The molecule has 0 saturated heterocycles. The third-order valence-electron chi connectivity index (χ3n) is 2.00. The normalized spacial score (nSPS) is 11.3. The van der Waals surface area contributed by atoms with Crippen molar-refractivity contribution in [3.05, 3.63) is 35.4 Å². The smallest absolute Gasteiger partial charge is 0.352 e. The molecule has 6 heteroatoms. The number of carbonyl (C=O) groups is 1. The number of halogens is 4. The highest BCUT2D eigenvalue weighted by atomic mass is 35.5. The van der Waals surface area contributed by atoms with Crippen molar-refractivity contribution in [1.29, 1.82) is 0 Å². The van der Waals surface area contributed by atoms with Gasteiger partial charge >= 0.3 is 6.18 Å². The zero-order chi connectivity index (χ0) is 12.9. The predicted octanol–water partition coefficient (Wildman–Crippen LogP) is 2.99. The summed E-state index contributed by atoms with van der Waals surface area (Å²) in [5, 5.41) is 2.20. The molecule has 0 spiro atoms. The monoisotopic (exact) mass is 265 g/mol. The Balaban J connectivity index is 2.47. The fraction of sp³-hybridized carbons (Fsp3) is 0.364. The maximum absolute atomic E-state index is 11.9. The Hall–Kier alpha value is -1.23. The number of alkyl halides is 4. The summed E-state index contributed by atoms with van der Waals surface area (Å²) in [6.07, 6.45) is -5.93. The van der Waals surface area contributed by atoms with Gasteiger partial charge in [0.05, 0.1) is 0 Å². The standard InChI is InChI=1S/C11H11ClF3NO/c12-6-8-2-1-3-9(4-8)7-16-10(17)5-11(13,14)15/h1-4H,5-7H2,(H,16,17). The van der Waals surface area contributed by atoms with E-state index >= 15 is 0 Å². The number of benzene rings is 1. The van der Waals surface area contributed by atoms with Crippen molar-refractivity contribution in [2.75, 3.05) is 0 Å². The van der Waals surface area contributed by atoms with E-state index in [0.717, 1.165) is 11.1 Å². The molecule has 0 unspecified atom stereocenters. The van der Waals surface area contributed by atoms with Crippen LogP contribution in [0.25, 0.3) is 0 Å². The van der Waals surface area contributed by atoms with Crippen LogP contribution >= 0.6 is 11.6 Å². The molecular weight excluding hydrogens is 255 g/mol. The quantitative estimate of drug-likeness (QED) is 0.833. The highest BCUT2D eigenvalue weighted by molar-refractivity contribution is 6.17. The number of nitrogens with one attached hydrogen (secondary N) is 1. The van der Waals surface area contributed by atoms with Gasteiger partial charge in [-0.25, -0.2) is 0 Å². The Kier molecular flexibility index (Phi) is 4.81. The Labute approximate surface area is 102 Å². The molecule has 1 rings (SSSR count). The summed E-state index contributed by atoms with van der Waals surface area (Å²) in [6.45, 7) is 0.0691. The van der Waals surface area contributed by atoms with E-state index in [9.17, 15) is 18.0 Å².